The molecule has 10 heteroatoms. The molecular formula is C21H25FN4O4S. The monoisotopic (exact) mass is 448 g/mol. The Morgan fingerprint density at radius 1 is 1.26 bits per heavy atom. The van der Waals surface area contributed by atoms with E-state index in [2.05, 4.69) is 10.6 Å². The highest BCUT2D eigenvalue weighted by Gasteiger charge is 2.31. The van der Waals surface area contributed by atoms with E-state index in [0.717, 1.165) is 11.3 Å². The standard InChI is InChI=1S/C21H25FN4O4S/c1-21(2,3)30-20(29)26-8-7-14(11-26)24-18(27)17-15(25-19(23)28)10-16(31-17)12-5-4-6-13(22)9-12/h4-6,9-10,14H,7-8,11H2,1-3H3,(H,24,27)(H3,23,25,28)/t14-/m1/s1. The lowest BCUT2D eigenvalue weighted by molar-refractivity contribution is 0.0290. The summed E-state index contributed by atoms with van der Waals surface area (Å²) in [5.41, 5.74) is 5.46. The van der Waals surface area contributed by atoms with E-state index >= 15 is 0 Å². The normalized spacial score (nSPS) is 16.1. The molecule has 1 aromatic carbocycles. The lowest BCUT2D eigenvalue weighted by Gasteiger charge is -2.24. The van der Waals surface area contributed by atoms with Crippen LogP contribution in [-0.4, -0.2) is 47.7 Å². The van der Waals surface area contributed by atoms with Crippen molar-refractivity contribution in [1.82, 2.24) is 10.2 Å². The van der Waals surface area contributed by atoms with Gasteiger partial charge in [0.1, 0.15) is 16.3 Å². The number of nitrogens with zero attached hydrogens (tertiary/aromatic N) is 1. The van der Waals surface area contributed by atoms with Crippen LogP contribution in [0.2, 0.25) is 0 Å². The number of urea groups is 1. The van der Waals surface area contributed by atoms with Gasteiger partial charge in [-0.05, 0) is 51.0 Å². The van der Waals surface area contributed by atoms with Gasteiger partial charge in [0.05, 0.1) is 5.69 Å². The first-order valence-corrected chi connectivity index (χ1v) is 10.6. The Bertz CT molecular complexity index is 1000. The van der Waals surface area contributed by atoms with Gasteiger partial charge in [-0.2, -0.15) is 0 Å². The van der Waals surface area contributed by atoms with Crippen LogP contribution in [-0.2, 0) is 4.74 Å². The largest absolute Gasteiger partial charge is 0.444 e. The van der Waals surface area contributed by atoms with E-state index in [1.807, 2.05) is 0 Å². The third-order valence-electron chi connectivity index (χ3n) is 4.48. The Balaban J connectivity index is 1.73. The van der Waals surface area contributed by atoms with Crippen LogP contribution < -0.4 is 16.4 Å². The van der Waals surface area contributed by atoms with Crippen LogP contribution in [0, 0.1) is 5.82 Å². The van der Waals surface area contributed by atoms with Gasteiger partial charge in [-0.15, -0.1) is 11.3 Å². The van der Waals surface area contributed by atoms with Gasteiger partial charge < -0.3 is 26.0 Å². The summed E-state index contributed by atoms with van der Waals surface area (Å²) < 4.78 is 19.0. The molecule has 1 atom stereocenters. The Labute approximate surface area is 183 Å². The maximum Gasteiger partial charge on any atom is 0.410 e. The second kappa shape index (κ2) is 8.93. The van der Waals surface area contributed by atoms with Crippen LogP contribution in [0.25, 0.3) is 10.4 Å². The molecule has 3 rings (SSSR count). The highest BCUT2D eigenvalue weighted by Crippen LogP contribution is 2.35. The number of anilines is 1. The highest BCUT2D eigenvalue weighted by atomic mass is 32.1. The predicted octanol–water partition coefficient (Wildman–Crippen LogP) is 3.78. The third-order valence-corrected chi connectivity index (χ3v) is 5.66. The number of amides is 4. The summed E-state index contributed by atoms with van der Waals surface area (Å²) in [6, 6.07) is 6.45. The summed E-state index contributed by atoms with van der Waals surface area (Å²) in [5, 5.41) is 5.34. The zero-order valence-corrected chi connectivity index (χ0v) is 18.3. The number of carbonyl (C=O) groups excluding carboxylic acids is 3. The lowest BCUT2D eigenvalue weighted by atomic mass is 10.2. The molecule has 1 saturated heterocycles. The van der Waals surface area contributed by atoms with Crippen LogP contribution in [0.3, 0.4) is 0 Å². The van der Waals surface area contributed by atoms with Crippen molar-refractivity contribution in [2.75, 3.05) is 18.4 Å². The molecule has 1 aromatic heterocycles. The first kappa shape index (κ1) is 22.5. The number of thiophene rings is 1. The average Bonchev–Trinajstić information content (AvgIpc) is 3.27. The minimum atomic E-state index is -0.811. The van der Waals surface area contributed by atoms with Gasteiger partial charge in [0, 0.05) is 24.0 Å². The number of hydrogen-bond acceptors (Lipinski definition) is 5. The molecule has 0 radical (unpaired) electrons. The predicted molar refractivity (Wildman–Crippen MR) is 117 cm³/mol. The van der Waals surface area contributed by atoms with E-state index < -0.39 is 29.4 Å². The number of carbonyl (C=O) groups is 3. The van der Waals surface area contributed by atoms with Crippen molar-refractivity contribution in [2.24, 2.45) is 5.73 Å². The molecule has 1 aliphatic heterocycles. The number of nitrogens with one attached hydrogen (secondary N) is 2. The summed E-state index contributed by atoms with van der Waals surface area (Å²) in [6.07, 6.45) is 0.149. The van der Waals surface area contributed by atoms with Crippen molar-refractivity contribution in [2.45, 2.75) is 38.8 Å². The zero-order valence-electron chi connectivity index (χ0n) is 17.5. The fraction of sp³-hybridized carbons (Fsp3) is 0.381. The molecule has 8 nitrogen and oxygen atoms in total. The molecule has 4 N–H and O–H groups in total. The van der Waals surface area contributed by atoms with Crippen LogP contribution in [0.15, 0.2) is 30.3 Å². The Kier molecular flexibility index (Phi) is 6.49. The molecule has 1 aliphatic rings. The van der Waals surface area contributed by atoms with Crippen molar-refractivity contribution >= 4 is 35.1 Å². The van der Waals surface area contributed by atoms with E-state index in [1.54, 1.807) is 43.9 Å². The molecular weight excluding hydrogens is 423 g/mol. The van der Waals surface area contributed by atoms with Crippen molar-refractivity contribution in [3.05, 3.63) is 41.0 Å². The van der Waals surface area contributed by atoms with E-state index in [1.165, 1.54) is 12.1 Å². The molecule has 2 heterocycles. The Morgan fingerprint density at radius 2 is 2.00 bits per heavy atom. The molecule has 0 spiro atoms. The van der Waals surface area contributed by atoms with Crippen LogP contribution >= 0.6 is 11.3 Å². The van der Waals surface area contributed by atoms with Crippen molar-refractivity contribution in [3.8, 4) is 10.4 Å². The molecule has 0 bridgehead atoms. The SMILES string of the molecule is CC(C)(C)OC(=O)N1CC[C@@H](NC(=O)c2sc(-c3cccc(F)c3)cc2NC(N)=O)C1. The first-order valence-electron chi connectivity index (χ1n) is 9.77. The number of rotatable bonds is 4. The van der Waals surface area contributed by atoms with E-state index in [4.69, 9.17) is 10.5 Å². The van der Waals surface area contributed by atoms with Crippen LogP contribution in [0.4, 0.5) is 19.7 Å². The number of primary amides is 1. The molecule has 2 aromatic rings. The molecule has 4 amide bonds. The van der Waals surface area contributed by atoms with Gasteiger partial charge in [-0.1, -0.05) is 12.1 Å². The van der Waals surface area contributed by atoms with Gasteiger partial charge in [-0.3, -0.25) is 4.79 Å². The van der Waals surface area contributed by atoms with Crippen molar-refractivity contribution in [1.29, 1.82) is 0 Å². The minimum Gasteiger partial charge on any atom is -0.444 e. The molecule has 166 valence electrons. The second-order valence-electron chi connectivity index (χ2n) is 8.24. The molecule has 1 fully saturated rings. The number of hydrogen-bond donors (Lipinski definition) is 3. The zero-order chi connectivity index (χ0) is 22.8. The summed E-state index contributed by atoms with van der Waals surface area (Å²) in [6.45, 7) is 6.16. The van der Waals surface area contributed by atoms with Gasteiger partial charge >= 0.3 is 12.1 Å². The summed E-state index contributed by atoms with van der Waals surface area (Å²) >= 11 is 1.12. The van der Waals surface area contributed by atoms with E-state index in [9.17, 15) is 18.8 Å². The van der Waals surface area contributed by atoms with Gasteiger partial charge in [0.25, 0.3) is 5.91 Å². The Hall–Kier alpha value is -3.14. The quantitative estimate of drug-likeness (QED) is 0.660. The maximum absolute atomic E-state index is 13.6. The van der Waals surface area contributed by atoms with Crippen LogP contribution in [0.1, 0.15) is 36.9 Å². The molecule has 0 unspecified atom stereocenters. The molecule has 0 aliphatic carbocycles. The number of benzene rings is 1. The van der Waals surface area contributed by atoms with E-state index in [0.29, 0.717) is 30.0 Å². The maximum atomic E-state index is 13.6. The number of halogens is 1. The number of ether oxygens (including phenoxy) is 1. The van der Waals surface area contributed by atoms with Crippen LogP contribution in [0.5, 0.6) is 0 Å². The highest BCUT2D eigenvalue weighted by molar-refractivity contribution is 7.18. The van der Waals surface area contributed by atoms with Gasteiger partial charge in [-0.25, -0.2) is 14.0 Å². The summed E-state index contributed by atoms with van der Waals surface area (Å²) in [7, 11) is 0. The third kappa shape index (κ3) is 5.94. The second-order valence-corrected chi connectivity index (χ2v) is 9.29. The van der Waals surface area contributed by atoms with Gasteiger partial charge in [0.2, 0.25) is 0 Å². The fourth-order valence-corrected chi connectivity index (χ4v) is 4.20. The average molecular weight is 449 g/mol. The molecule has 0 saturated carbocycles. The van der Waals surface area contributed by atoms with E-state index in [-0.39, 0.29) is 16.6 Å². The Morgan fingerprint density at radius 3 is 2.65 bits per heavy atom. The lowest BCUT2D eigenvalue weighted by Crippen LogP contribution is -2.40. The first-order chi connectivity index (χ1) is 14.5. The fourth-order valence-electron chi connectivity index (χ4n) is 3.19. The topological polar surface area (TPSA) is 114 Å². The van der Waals surface area contributed by atoms with Crippen molar-refractivity contribution < 1.29 is 23.5 Å². The summed E-state index contributed by atoms with van der Waals surface area (Å²) in [5.74, 6) is -0.818. The van der Waals surface area contributed by atoms with Crippen molar-refractivity contribution in [3.63, 3.8) is 0 Å². The smallest absolute Gasteiger partial charge is 0.410 e. The number of likely N-dealkylation sites (tertiary alicyclic amines) is 1. The minimum absolute atomic E-state index is 0.244. The number of nitrogens with two attached hydrogens (primary N) is 1. The summed E-state index contributed by atoms with van der Waals surface area (Å²) in [4.78, 5) is 38.9. The van der Waals surface area contributed by atoms with Gasteiger partial charge in [0.15, 0.2) is 0 Å². The molecule has 31 heavy (non-hydrogen) atoms.